The molecule has 1 rings (SSSR count). The van der Waals surface area contributed by atoms with Crippen molar-refractivity contribution in [2.45, 2.75) is 4.90 Å². The number of benzene rings is 1. The van der Waals surface area contributed by atoms with E-state index >= 15 is 0 Å². The van der Waals surface area contributed by atoms with Crippen LogP contribution in [0, 0.1) is 5.82 Å². The number of anilines is 1. The fourth-order valence-corrected chi connectivity index (χ4v) is 2.23. The number of rotatable bonds is 7. The Morgan fingerprint density at radius 1 is 1.29 bits per heavy atom. The van der Waals surface area contributed by atoms with Crippen LogP contribution >= 0.6 is 0 Å². The van der Waals surface area contributed by atoms with E-state index in [0.717, 1.165) is 0 Å². The molecular weight excluding hydrogens is 245 g/mol. The van der Waals surface area contributed by atoms with E-state index in [4.69, 9.17) is 15.2 Å². The lowest BCUT2D eigenvalue weighted by atomic mass is 10.3. The quantitative estimate of drug-likeness (QED) is 0.591. The molecule has 1 unspecified atom stereocenters. The molecule has 0 aromatic heterocycles. The first-order chi connectivity index (χ1) is 8.13. The fourth-order valence-electron chi connectivity index (χ4n) is 1.21. The molecule has 0 amide bonds. The van der Waals surface area contributed by atoms with E-state index in [2.05, 4.69) is 0 Å². The molecule has 0 aliphatic rings. The van der Waals surface area contributed by atoms with Gasteiger partial charge in [-0.1, -0.05) is 0 Å². The molecule has 17 heavy (non-hydrogen) atoms. The molecule has 1 aromatic carbocycles. The number of halogens is 1. The Morgan fingerprint density at radius 3 is 2.71 bits per heavy atom. The van der Waals surface area contributed by atoms with Crippen molar-refractivity contribution in [2.75, 3.05) is 38.4 Å². The summed E-state index contributed by atoms with van der Waals surface area (Å²) in [6, 6.07) is 3.92. The highest BCUT2D eigenvalue weighted by molar-refractivity contribution is 7.85. The fraction of sp³-hybridized carbons (Fsp3) is 0.455. The first-order valence-corrected chi connectivity index (χ1v) is 6.46. The molecule has 0 fully saturated rings. The topological polar surface area (TPSA) is 61.5 Å². The van der Waals surface area contributed by atoms with E-state index in [1.807, 2.05) is 0 Å². The molecule has 1 atom stereocenters. The Hall–Kier alpha value is -0.980. The summed E-state index contributed by atoms with van der Waals surface area (Å²) < 4.78 is 34.8. The summed E-state index contributed by atoms with van der Waals surface area (Å²) in [5, 5.41) is 0. The Balaban J connectivity index is 2.41. The van der Waals surface area contributed by atoms with Gasteiger partial charge < -0.3 is 15.2 Å². The normalized spacial score (nSPS) is 12.6. The van der Waals surface area contributed by atoms with Gasteiger partial charge in [-0.05, 0) is 18.2 Å². The summed E-state index contributed by atoms with van der Waals surface area (Å²) in [6.45, 7) is 1.30. The van der Waals surface area contributed by atoms with Crippen LogP contribution in [-0.2, 0) is 20.3 Å². The van der Waals surface area contributed by atoms with Crippen molar-refractivity contribution in [1.29, 1.82) is 0 Å². The average molecular weight is 261 g/mol. The van der Waals surface area contributed by atoms with Gasteiger partial charge in [0.1, 0.15) is 5.82 Å². The second kappa shape index (κ2) is 7.37. The smallest absolute Gasteiger partial charge is 0.126 e. The zero-order chi connectivity index (χ0) is 12.7. The zero-order valence-corrected chi connectivity index (χ0v) is 10.5. The second-order valence-corrected chi connectivity index (χ2v) is 4.95. The molecule has 0 spiro atoms. The van der Waals surface area contributed by atoms with Crippen molar-refractivity contribution in [2.24, 2.45) is 0 Å². The van der Waals surface area contributed by atoms with Crippen molar-refractivity contribution < 1.29 is 18.1 Å². The van der Waals surface area contributed by atoms with E-state index in [1.165, 1.54) is 18.2 Å². The highest BCUT2D eigenvalue weighted by atomic mass is 32.2. The van der Waals surface area contributed by atoms with Gasteiger partial charge in [-0.25, -0.2) is 4.39 Å². The number of nitrogen functional groups attached to an aromatic ring is 1. The predicted molar refractivity (Wildman–Crippen MR) is 64.8 cm³/mol. The molecule has 0 saturated carbocycles. The molecule has 0 aliphatic carbocycles. The first kappa shape index (κ1) is 14.1. The third-order valence-electron chi connectivity index (χ3n) is 2.00. The van der Waals surface area contributed by atoms with Crippen LogP contribution in [-0.4, -0.2) is 36.9 Å². The van der Waals surface area contributed by atoms with Crippen LogP contribution in [0.15, 0.2) is 23.1 Å². The summed E-state index contributed by atoms with van der Waals surface area (Å²) in [4.78, 5) is 0.387. The Labute approximate surface area is 102 Å². The lowest BCUT2D eigenvalue weighted by Crippen LogP contribution is -2.10. The average Bonchev–Trinajstić information content (AvgIpc) is 2.27. The van der Waals surface area contributed by atoms with Gasteiger partial charge in [-0.15, -0.1) is 0 Å². The summed E-state index contributed by atoms with van der Waals surface area (Å²) >= 11 is 0. The van der Waals surface area contributed by atoms with Gasteiger partial charge in [0.2, 0.25) is 0 Å². The zero-order valence-electron chi connectivity index (χ0n) is 9.65. The van der Waals surface area contributed by atoms with Gasteiger partial charge in [0, 0.05) is 17.7 Å². The molecule has 96 valence electrons. The number of ether oxygens (including phenoxy) is 2. The maximum atomic E-state index is 13.0. The van der Waals surface area contributed by atoms with Gasteiger partial charge in [0.05, 0.1) is 36.4 Å². The number of hydrogen-bond acceptors (Lipinski definition) is 4. The first-order valence-electron chi connectivity index (χ1n) is 5.14. The SMILES string of the molecule is COCCOCCS(=O)c1cc(N)cc(F)c1. The number of nitrogens with two attached hydrogens (primary N) is 1. The molecular formula is C11H16FNO3S. The van der Waals surface area contributed by atoms with Crippen LogP contribution in [0.25, 0.3) is 0 Å². The summed E-state index contributed by atoms with van der Waals surface area (Å²) in [5.74, 6) is -0.166. The largest absolute Gasteiger partial charge is 0.399 e. The Bertz CT molecular complexity index is 367. The van der Waals surface area contributed by atoms with E-state index in [9.17, 15) is 8.60 Å². The standard InChI is InChI=1S/C11H16FNO3S/c1-15-2-3-16-4-5-17(14)11-7-9(12)6-10(13)8-11/h6-8H,2-5,13H2,1H3. The summed E-state index contributed by atoms with van der Waals surface area (Å²) in [5.41, 5.74) is 5.74. The molecule has 0 saturated heterocycles. The Kier molecular flexibility index (Phi) is 6.10. The van der Waals surface area contributed by atoms with Gasteiger partial charge in [0.25, 0.3) is 0 Å². The third-order valence-corrected chi connectivity index (χ3v) is 3.30. The highest BCUT2D eigenvalue weighted by Crippen LogP contribution is 2.14. The van der Waals surface area contributed by atoms with Crippen LogP contribution in [0.5, 0.6) is 0 Å². The van der Waals surface area contributed by atoms with Crippen LogP contribution in [0.2, 0.25) is 0 Å². The lowest BCUT2D eigenvalue weighted by molar-refractivity contribution is 0.0787. The second-order valence-electron chi connectivity index (χ2n) is 3.38. The molecule has 2 N–H and O–H groups in total. The number of methoxy groups -OCH3 is 1. The Morgan fingerprint density at radius 2 is 2.06 bits per heavy atom. The van der Waals surface area contributed by atoms with Gasteiger partial charge in [-0.2, -0.15) is 0 Å². The summed E-state index contributed by atoms with van der Waals surface area (Å²) in [6.07, 6.45) is 0. The minimum absolute atomic E-state index is 0.272. The van der Waals surface area contributed by atoms with Crippen molar-refractivity contribution in [3.05, 3.63) is 24.0 Å². The third kappa shape index (κ3) is 5.25. The molecule has 0 aliphatic heterocycles. The highest BCUT2D eigenvalue weighted by Gasteiger charge is 2.06. The number of hydrogen-bond donors (Lipinski definition) is 1. The predicted octanol–water partition coefficient (Wildman–Crippen LogP) is 1.18. The van der Waals surface area contributed by atoms with Crippen molar-refractivity contribution in [3.8, 4) is 0 Å². The minimum Gasteiger partial charge on any atom is -0.399 e. The van der Waals surface area contributed by atoms with E-state index in [0.29, 0.717) is 30.5 Å². The lowest BCUT2D eigenvalue weighted by Gasteiger charge is -2.05. The van der Waals surface area contributed by atoms with Crippen molar-refractivity contribution in [1.82, 2.24) is 0 Å². The minimum atomic E-state index is -1.30. The molecule has 4 nitrogen and oxygen atoms in total. The molecule has 0 bridgehead atoms. The van der Waals surface area contributed by atoms with Gasteiger partial charge in [0.15, 0.2) is 0 Å². The van der Waals surface area contributed by atoms with Crippen LogP contribution in [0.4, 0.5) is 10.1 Å². The van der Waals surface area contributed by atoms with Crippen LogP contribution < -0.4 is 5.73 Å². The molecule has 0 radical (unpaired) electrons. The van der Waals surface area contributed by atoms with E-state index in [1.54, 1.807) is 7.11 Å². The van der Waals surface area contributed by atoms with Crippen LogP contribution in [0.1, 0.15) is 0 Å². The molecule has 6 heteroatoms. The summed E-state index contributed by atoms with van der Waals surface area (Å²) in [7, 11) is 0.285. The van der Waals surface area contributed by atoms with E-state index in [-0.39, 0.29) is 5.69 Å². The van der Waals surface area contributed by atoms with Crippen molar-refractivity contribution >= 4 is 16.5 Å². The monoisotopic (exact) mass is 261 g/mol. The van der Waals surface area contributed by atoms with Gasteiger partial charge >= 0.3 is 0 Å². The van der Waals surface area contributed by atoms with Gasteiger partial charge in [-0.3, -0.25) is 4.21 Å². The molecule has 1 aromatic rings. The molecule has 0 heterocycles. The van der Waals surface area contributed by atoms with Crippen LogP contribution in [0.3, 0.4) is 0 Å². The maximum absolute atomic E-state index is 13.0. The maximum Gasteiger partial charge on any atom is 0.126 e. The van der Waals surface area contributed by atoms with Crippen molar-refractivity contribution in [3.63, 3.8) is 0 Å². The van der Waals surface area contributed by atoms with E-state index < -0.39 is 16.6 Å².